The fourth-order valence-corrected chi connectivity index (χ4v) is 2.17. The molecule has 0 aliphatic heterocycles. The first-order chi connectivity index (χ1) is 8.19. The van der Waals surface area contributed by atoms with Gasteiger partial charge in [-0.3, -0.25) is 0 Å². The first-order valence-electron chi connectivity index (χ1n) is 5.36. The van der Waals surface area contributed by atoms with Crippen molar-refractivity contribution >= 4 is 21.6 Å². The predicted octanol–water partition coefficient (Wildman–Crippen LogP) is 3.63. The maximum absolute atomic E-state index is 5.99. The lowest BCUT2D eigenvalue weighted by Gasteiger charge is -2.08. The van der Waals surface area contributed by atoms with Gasteiger partial charge in [0.05, 0.1) is 7.11 Å². The van der Waals surface area contributed by atoms with Gasteiger partial charge in [-0.2, -0.15) is 0 Å². The summed E-state index contributed by atoms with van der Waals surface area (Å²) < 4.78 is 6.22. The summed E-state index contributed by atoms with van der Waals surface area (Å²) >= 11 is 3.47. The van der Waals surface area contributed by atoms with Gasteiger partial charge in [0.2, 0.25) is 0 Å². The van der Waals surface area contributed by atoms with E-state index >= 15 is 0 Å². The van der Waals surface area contributed by atoms with Crippen molar-refractivity contribution in [3.63, 3.8) is 0 Å². The van der Waals surface area contributed by atoms with Crippen molar-refractivity contribution in [2.24, 2.45) is 0 Å². The molecule has 2 aromatic carbocycles. The predicted molar refractivity (Wildman–Crippen MR) is 74.4 cm³/mol. The van der Waals surface area contributed by atoms with Gasteiger partial charge in [-0.25, -0.2) is 0 Å². The van der Waals surface area contributed by atoms with Crippen LogP contribution in [0.25, 0.3) is 0 Å². The summed E-state index contributed by atoms with van der Waals surface area (Å²) in [6.07, 6.45) is 0.829. The molecule has 0 aromatic heterocycles. The Kier molecular flexibility index (Phi) is 3.69. The first-order valence-corrected chi connectivity index (χ1v) is 6.15. The summed E-state index contributed by atoms with van der Waals surface area (Å²) in [5.41, 5.74) is 9.11. The number of anilines is 1. The normalized spacial score (nSPS) is 10.2. The zero-order valence-corrected chi connectivity index (χ0v) is 11.2. The van der Waals surface area contributed by atoms with E-state index in [0.717, 1.165) is 27.9 Å². The van der Waals surface area contributed by atoms with Crippen molar-refractivity contribution in [2.45, 2.75) is 6.42 Å². The molecule has 0 saturated heterocycles. The highest BCUT2D eigenvalue weighted by Crippen LogP contribution is 2.23. The molecule has 0 aliphatic rings. The van der Waals surface area contributed by atoms with Crippen molar-refractivity contribution in [1.29, 1.82) is 0 Å². The minimum Gasteiger partial charge on any atom is -0.497 e. The van der Waals surface area contributed by atoms with Crippen molar-refractivity contribution < 1.29 is 4.74 Å². The molecule has 2 aromatic rings. The molecule has 0 atom stereocenters. The van der Waals surface area contributed by atoms with Gasteiger partial charge >= 0.3 is 0 Å². The molecule has 0 radical (unpaired) electrons. The van der Waals surface area contributed by atoms with Crippen molar-refractivity contribution in [3.05, 3.63) is 58.1 Å². The topological polar surface area (TPSA) is 35.2 Å². The molecule has 2 N–H and O–H groups in total. The summed E-state index contributed by atoms with van der Waals surface area (Å²) in [4.78, 5) is 0. The molecule has 0 aliphatic carbocycles. The monoisotopic (exact) mass is 291 g/mol. The number of halogens is 1. The van der Waals surface area contributed by atoms with Gasteiger partial charge in [-0.05, 0) is 35.7 Å². The Hall–Kier alpha value is -1.48. The quantitative estimate of drug-likeness (QED) is 0.877. The number of hydrogen-bond acceptors (Lipinski definition) is 2. The molecule has 2 nitrogen and oxygen atoms in total. The SMILES string of the molecule is COc1ccc(Cc2cccc(Br)c2)c(N)c1. The zero-order valence-electron chi connectivity index (χ0n) is 9.61. The number of methoxy groups -OCH3 is 1. The molecule has 3 heteroatoms. The fourth-order valence-electron chi connectivity index (χ4n) is 1.73. The van der Waals surface area contributed by atoms with Crippen molar-refractivity contribution in [3.8, 4) is 5.75 Å². The summed E-state index contributed by atoms with van der Waals surface area (Å²) in [6, 6.07) is 14.0. The second-order valence-corrected chi connectivity index (χ2v) is 4.79. The van der Waals surface area contributed by atoms with Crippen LogP contribution in [0.15, 0.2) is 46.9 Å². The third-order valence-electron chi connectivity index (χ3n) is 2.64. The van der Waals surface area contributed by atoms with Gasteiger partial charge in [0.15, 0.2) is 0 Å². The average Bonchev–Trinajstić information content (AvgIpc) is 2.32. The standard InChI is InChI=1S/C14H14BrNO/c1-17-13-6-5-11(14(16)9-13)7-10-3-2-4-12(15)8-10/h2-6,8-9H,7,16H2,1H3. The number of benzene rings is 2. The van der Waals surface area contributed by atoms with Crippen LogP contribution >= 0.6 is 15.9 Å². The number of ether oxygens (including phenoxy) is 1. The Labute approximate surface area is 110 Å². The second-order valence-electron chi connectivity index (χ2n) is 3.87. The van der Waals surface area contributed by atoms with Crippen LogP contribution in [-0.4, -0.2) is 7.11 Å². The number of rotatable bonds is 3. The molecule has 0 spiro atoms. The van der Waals surface area contributed by atoms with E-state index in [9.17, 15) is 0 Å². The van der Waals surface area contributed by atoms with E-state index in [1.165, 1.54) is 5.56 Å². The molecule has 0 heterocycles. The van der Waals surface area contributed by atoms with Crippen molar-refractivity contribution in [1.82, 2.24) is 0 Å². The number of hydrogen-bond donors (Lipinski definition) is 1. The van der Waals surface area contributed by atoms with E-state index in [2.05, 4.69) is 28.1 Å². The van der Waals surface area contributed by atoms with Crippen LogP contribution in [-0.2, 0) is 6.42 Å². The average molecular weight is 292 g/mol. The van der Waals surface area contributed by atoms with Crippen LogP contribution in [0.3, 0.4) is 0 Å². The lowest BCUT2D eigenvalue weighted by atomic mass is 10.0. The van der Waals surface area contributed by atoms with Gasteiger partial charge in [-0.15, -0.1) is 0 Å². The molecular formula is C14H14BrNO. The highest BCUT2D eigenvalue weighted by Gasteiger charge is 2.03. The van der Waals surface area contributed by atoms with E-state index in [1.54, 1.807) is 7.11 Å². The molecule has 0 bridgehead atoms. The number of nitrogens with two attached hydrogens (primary N) is 1. The summed E-state index contributed by atoms with van der Waals surface area (Å²) in [7, 11) is 1.64. The van der Waals surface area contributed by atoms with Gasteiger partial charge in [0.25, 0.3) is 0 Å². The molecule has 88 valence electrons. The lowest BCUT2D eigenvalue weighted by molar-refractivity contribution is 0.415. The highest BCUT2D eigenvalue weighted by molar-refractivity contribution is 9.10. The van der Waals surface area contributed by atoms with Gasteiger partial charge in [0.1, 0.15) is 5.75 Å². The Balaban J connectivity index is 2.24. The summed E-state index contributed by atoms with van der Waals surface area (Å²) in [5.74, 6) is 0.792. The van der Waals surface area contributed by atoms with Gasteiger partial charge in [0, 0.05) is 16.2 Å². The smallest absolute Gasteiger partial charge is 0.120 e. The Morgan fingerprint density at radius 3 is 2.65 bits per heavy atom. The molecular weight excluding hydrogens is 278 g/mol. The van der Waals surface area contributed by atoms with Crippen LogP contribution in [0.4, 0.5) is 5.69 Å². The van der Waals surface area contributed by atoms with E-state index < -0.39 is 0 Å². The summed E-state index contributed by atoms with van der Waals surface area (Å²) in [5, 5.41) is 0. The molecule has 0 fully saturated rings. The first kappa shape index (κ1) is 12.0. The molecule has 0 amide bonds. The minimum absolute atomic E-state index is 0.768. The molecule has 0 unspecified atom stereocenters. The largest absolute Gasteiger partial charge is 0.497 e. The third kappa shape index (κ3) is 3.01. The highest BCUT2D eigenvalue weighted by atomic mass is 79.9. The zero-order chi connectivity index (χ0) is 12.3. The Bertz CT molecular complexity index is 525. The lowest BCUT2D eigenvalue weighted by Crippen LogP contribution is -1.96. The fraction of sp³-hybridized carbons (Fsp3) is 0.143. The van der Waals surface area contributed by atoms with Crippen LogP contribution < -0.4 is 10.5 Å². The van der Waals surface area contributed by atoms with Gasteiger partial charge < -0.3 is 10.5 Å². The summed E-state index contributed by atoms with van der Waals surface area (Å²) in [6.45, 7) is 0. The second kappa shape index (κ2) is 5.23. The maximum Gasteiger partial charge on any atom is 0.120 e. The Morgan fingerprint density at radius 1 is 1.18 bits per heavy atom. The van der Waals surface area contributed by atoms with E-state index in [4.69, 9.17) is 10.5 Å². The van der Waals surface area contributed by atoms with Crippen LogP contribution in [0.5, 0.6) is 5.75 Å². The van der Waals surface area contributed by atoms with Gasteiger partial charge in [-0.1, -0.05) is 34.1 Å². The third-order valence-corrected chi connectivity index (χ3v) is 3.13. The Morgan fingerprint density at radius 2 is 2.00 bits per heavy atom. The van der Waals surface area contributed by atoms with E-state index in [1.807, 2.05) is 30.3 Å². The maximum atomic E-state index is 5.99. The molecule has 2 rings (SSSR count). The van der Waals surface area contributed by atoms with Crippen LogP contribution in [0, 0.1) is 0 Å². The van der Waals surface area contributed by atoms with E-state index in [-0.39, 0.29) is 0 Å². The van der Waals surface area contributed by atoms with E-state index in [0.29, 0.717) is 0 Å². The minimum atomic E-state index is 0.768. The number of nitrogen functional groups attached to an aromatic ring is 1. The molecule has 0 saturated carbocycles. The molecule has 17 heavy (non-hydrogen) atoms. The van der Waals surface area contributed by atoms with Crippen LogP contribution in [0.2, 0.25) is 0 Å². The van der Waals surface area contributed by atoms with Crippen LogP contribution in [0.1, 0.15) is 11.1 Å². The van der Waals surface area contributed by atoms with Crippen molar-refractivity contribution in [2.75, 3.05) is 12.8 Å².